The summed E-state index contributed by atoms with van der Waals surface area (Å²) in [7, 11) is 0. The number of hydrogen-bond acceptors (Lipinski definition) is 9. The van der Waals surface area contributed by atoms with E-state index in [1.165, 1.54) is 44.2 Å². The summed E-state index contributed by atoms with van der Waals surface area (Å²) in [4.78, 5) is 35.0. The Labute approximate surface area is 168 Å². The normalized spacial score (nSPS) is 26.3. The molecule has 5 atom stereocenters. The third kappa shape index (κ3) is 6.11. The van der Waals surface area contributed by atoms with Gasteiger partial charge in [0.25, 0.3) is 0 Å². The molecular formula is C20H24O9. The average Bonchev–Trinajstić information content (AvgIpc) is 2.65. The van der Waals surface area contributed by atoms with Gasteiger partial charge in [-0.15, -0.1) is 6.58 Å². The van der Waals surface area contributed by atoms with Gasteiger partial charge in [0.1, 0.15) is 11.9 Å². The highest BCUT2D eigenvalue weighted by molar-refractivity contribution is 5.90. The van der Waals surface area contributed by atoms with Crippen molar-refractivity contribution in [3.63, 3.8) is 0 Å². The molecule has 0 bridgehead atoms. The molecule has 0 spiro atoms. The first-order chi connectivity index (χ1) is 13.7. The van der Waals surface area contributed by atoms with E-state index in [1.807, 2.05) is 0 Å². The predicted molar refractivity (Wildman–Crippen MR) is 99.0 cm³/mol. The predicted octanol–water partition coefficient (Wildman–Crippen LogP) is 1.38. The van der Waals surface area contributed by atoms with Crippen LogP contribution in [0.15, 0.2) is 36.9 Å². The van der Waals surface area contributed by atoms with Crippen molar-refractivity contribution in [1.82, 2.24) is 0 Å². The minimum Gasteiger partial charge on any atom is -0.454 e. The van der Waals surface area contributed by atoms with Crippen molar-refractivity contribution in [2.24, 2.45) is 0 Å². The van der Waals surface area contributed by atoms with Gasteiger partial charge in [-0.05, 0) is 25.1 Å². The van der Waals surface area contributed by atoms with Crippen LogP contribution in [0, 0.1) is 0 Å². The van der Waals surface area contributed by atoms with E-state index in [1.54, 1.807) is 6.92 Å². The number of rotatable bonds is 7. The van der Waals surface area contributed by atoms with Crippen LogP contribution in [-0.2, 0) is 28.5 Å². The Balaban J connectivity index is 2.16. The average molecular weight is 408 g/mol. The van der Waals surface area contributed by atoms with Crippen LogP contribution < -0.4 is 4.74 Å². The Bertz CT molecular complexity index is 760. The number of hydrogen-bond donors (Lipinski definition) is 1. The van der Waals surface area contributed by atoms with E-state index < -0.39 is 48.6 Å². The Morgan fingerprint density at radius 3 is 2.52 bits per heavy atom. The third-order valence-corrected chi connectivity index (χ3v) is 4.01. The molecule has 1 aromatic carbocycles. The Morgan fingerprint density at radius 2 is 1.90 bits per heavy atom. The maximum Gasteiger partial charge on any atom is 0.338 e. The summed E-state index contributed by atoms with van der Waals surface area (Å²) < 4.78 is 26.5. The lowest BCUT2D eigenvalue weighted by molar-refractivity contribution is -0.293. The molecule has 9 heteroatoms. The number of carbonyl (C=O) groups is 3. The summed E-state index contributed by atoms with van der Waals surface area (Å²) in [5.41, 5.74) is 0.109. The maximum absolute atomic E-state index is 12.5. The molecule has 1 N–H and O–H groups in total. The molecule has 2 rings (SSSR count). The summed E-state index contributed by atoms with van der Waals surface area (Å²) >= 11 is 0. The molecule has 0 aromatic heterocycles. The number of ether oxygens (including phenoxy) is 5. The quantitative estimate of drug-likeness (QED) is 0.405. The van der Waals surface area contributed by atoms with Gasteiger partial charge in [-0.3, -0.25) is 9.59 Å². The monoisotopic (exact) mass is 408 g/mol. The van der Waals surface area contributed by atoms with E-state index in [-0.39, 0.29) is 17.9 Å². The smallest absolute Gasteiger partial charge is 0.338 e. The molecule has 0 radical (unpaired) electrons. The SMILES string of the molecule is C=CCO[C@@H]1O[C@@H](C)[C@H](OC(=O)c2cccc(OC(C)=O)c2)[C@@H](O)[C@H]1OC(C)=O. The maximum atomic E-state index is 12.5. The second-order valence-corrected chi connectivity index (χ2v) is 6.39. The summed E-state index contributed by atoms with van der Waals surface area (Å²) in [6.45, 7) is 7.64. The van der Waals surface area contributed by atoms with Crippen LogP contribution in [0.3, 0.4) is 0 Å². The van der Waals surface area contributed by atoms with Crippen molar-refractivity contribution in [1.29, 1.82) is 0 Å². The van der Waals surface area contributed by atoms with Gasteiger partial charge >= 0.3 is 17.9 Å². The van der Waals surface area contributed by atoms with Gasteiger partial charge in [0, 0.05) is 13.8 Å². The fourth-order valence-electron chi connectivity index (χ4n) is 2.82. The van der Waals surface area contributed by atoms with Gasteiger partial charge in [-0.1, -0.05) is 12.1 Å². The lowest BCUT2D eigenvalue weighted by Crippen LogP contribution is -2.60. The molecule has 0 saturated carbocycles. The van der Waals surface area contributed by atoms with Gasteiger partial charge in [0.15, 0.2) is 18.5 Å². The van der Waals surface area contributed by atoms with Crippen molar-refractivity contribution in [3.05, 3.63) is 42.5 Å². The summed E-state index contributed by atoms with van der Waals surface area (Å²) in [5.74, 6) is -1.78. The van der Waals surface area contributed by atoms with Crippen molar-refractivity contribution in [3.8, 4) is 5.75 Å². The van der Waals surface area contributed by atoms with Crippen molar-refractivity contribution in [2.75, 3.05) is 6.61 Å². The van der Waals surface area contributed by atoms with Crippen molar-refractivity contribution < 1.29 is 43.2 Å². The van der Waals surface area contributed by atoms with E-state index in [0.717, 1.165) is 0 Å². The van der Waals surface area contributed by atoms with Crippen LogP contribution in [0.2, 0.25) is 0 Å². The Kier molecular flexibility index (Phi) is 7.89. The number of carbonyl (C=O) groups excluding carboxylic acids is 3. The zero-order chi connectivity index (χ0) is 21.6. The molecule has 1 aliphatic rings. The minimum atomic E-state index is -1.39. The molecule has 0 amide bonds. The lowest BCUT2D eigenvalue weighted by atomic mass is 9.99. The van der Waals surface area contributed by atoms with E-state index >= 15 is 0 Å². The molecule has 1 heterocycles. The first-order valence-corrected chi connectivity index (χ1v) is 8.95. The first-order valence-electron chi connectivity index (χ1n) is 8.95. The largest absolute Gasteiger partial charge is 0.454 e. The molecule has 0 unspecified atom stereocenters. The second kappa shape index (κ2) is 10.1. The highest BCUT2D eigenvalue weighted by Crippen LogP contribution is 2.27. The van der Waals surface area contributed by atoms with Crippen molar-refractivity contribution >= 4 is 17.9 Å². The lowest BCUT2D eigenvalue weighted by Gasteiger charge is -2.41. The molecular weight excluding hydrogens is 384 g/mol. The fraction of sp³-hybridized carbons (Fsp3) is 0.450. The Hall–Kier alpha value is -2.75. The van der Waals surface area contributed by atoms with Crippen molar-refractivity contribution in [2.45, 2.75) is 51.5 Å². The highest BCUT2D eigenvalue weighted by atomic mass is 16.7. The summed E-state index contributed by atoms with van der Waals surface area (Å²) in [6.07, 6.45) is -4.05. The van der Waals surface area contributed by atoms with E-state index in [4.69, 9.17) is 23.7 Å². The third-order valence-electron chi connectivity index (χ3n) is 4.01. The molecule has 29 heavy (non-hydrogen) atoms. The van der Waals surface area contributed by atoms with Gasteiger partial charge in [0.05, 0.1) is 18.3 Å². The van der Waals surface area contributed by atoms with Gasteiger partial charge < -0.3 is 28.8 Å². The van der Waals surface area contributed by atoms with Crippen LogP contribution in [0.25, 0.3) is 0 Å². The van der Waals surface area contributed by atoms with Crippen LogP contribution in [0.4, 0.5) is 0 Å². The van der Waals surface area contributed by atoms with Crippen LogP contribution in [-0.4, -0.2) is 60.3 Å². The highest BCUT2D eigenvalue weighted by Gasteiger charge is 2.48. The van der Waals surface area contributed by atoms with Crippen LogP contribution in [0.5, 0.6) is 5.75 Å². The zero-order valence-corrected chi connectivity index (χ0v) is 16.4. The standard InChI is InChI=1S/C20H24O9/c1-5-9-25-20-18(28-13(4)22)16(23)17(11(2)26-20)29-19(24)14-7-6-8-15(10-14)27-12(3)21/h5-8,10-11,16-18,20,23H,1,9H2,2-4H3/t11-,16+,17-,18+,20+/m0/s1. The number of aliphatic hydroxyl groups is 1. The van der Waals surface area contributed by atoms with Gasteiger partial charge in [-0.25, -0.2) is 4.79 Å². The molecule has 1 aliphatic heterocycles. The Morgan fingerprint density at radius 1 is 1.17 bits per heavy atom. The van der Waals surface area contributed by atoms with Gasteiger partial charge in [0.2, 0.25) is 0 Å². The summed E-state index contributed by atoms with van der Waals surface area (Å²) in [5, 5.41) is 10.7. The first kappa shape index (κ1) is 22.5. The molecule has 9 nitrogen and oxygen atoms in total. The second-order valence-electron chi connectivity index (χ2n) is 6.39. The van der Waals surface area contributed by atoms with E-state index in [0.29, 0.717) is 0 Å². The summed E-state index contributed by atoms with van der Waals surface area (Å²) in [6, 6.07) is 5.84. The molecule has 1 saturated heterocycles. The molecule has 1 fully saturated rings. The number of benzene rings is 1. The van der Waals surface area contributed by atoms with E-state index in [2.05, 4.69) is 6.58 Å². The van der Waals surface area contributed by atoms with Crippen LogP contribution >= 0.6 is 0 Å². The number of esters is 3. The molecule has 0 aliphatic carbocycles. The minimum absolute atomic E-state index is 0.106. The topological polar surface area (TPSA) is 118 Å². The zero-order valence-electron chi connectivity index (χ0n) is 16.4. The molecule has 158 valence electrons. The van der Waals surface area contributed by atoms with Gasteiger partial charge in [-0.2, -0.15) is 0 Å². The fourth-order valence-corrected chi connectivity index (χ4v) is 2.82. The molecule has 1 aromatic rings. The van der Waals surface area contributed by atoms with E-state index in [9.17, 15) is 19.5 Å². The van der Waals surface area contributed by atoms with Crippen LogP contribution in [0.1, 0.15) is 31.1 Å². The number of aliphatic hydroxyl groups excluding tert-OH is 1.